The Morgan fingerprint density at radius 2 is 2.67 bits per heavy atom. The fourth-order valence-corrected chi connectivity index (χ4v) is 2.87. The average molecular weight is 120 g/mol. The van der Waals surface area contributed by atoms with E-state index in [0.717, 1.165) is 4.58 Å². The van der Waals surface area contributed by atoms with Gasteiger partial charge >= 0.3 is 0 Å². The van der Waals surface area contributed by atoms with Gasteiger partial charge in [0.25, 0.3) is 0 Å². The molecule has 1 rings (SSSR count). The molecular weight excluding hydrogens is 112 g/mol. The third-order valence-electron chi connectivity index (χ3n) is 0.788. The summed E-state index contributed by atoms with van der Waals surface area (Å²) in [5.74, 6) is 2.73. The first-order chi connectivity index (χ1) is 2.89. The Labute approximate surface area is 47.1 Å². The van der Waals surface area contributed by atoms with Gasteiger partial charge in [0.1, 0.15) is 0 Å². The molecule has 0 amide bonds. The maximum absolute atomic E-state index is 2.27. The van der Waals surface area contributed by atoms with Crippen molar-refractivity contribution in [2.75, 3.05) is 11.5 Å². The second-order valence-corrected chi connectivity index (χ2v) is 4.50. The lowest BCUT2D eigenvalue weighted by molar-refractivity contribution is 1.44. The second kappa shape index (κ2) is 2.12. The van der Waals surface area contributed by atoms with E-state index in [1.54, 1.807) is 0 Å². The molecule has 1 aliphatic heterocycles. The van der Waals surface area contributed by atoms with Crippen molar-refractivity contribution < 1.29 is 0 Å². The summed E-state index contributed by atoms with van der Waals surface area (Å²) in [5.41, 5.74) is 0. The highest BCUT2D eigenvalue weighted by atomic mass is 32.2. The fourth-order valence-electron chi connectivity index (χ4n) is 0.476. The van der Waals surface area contributed by atoms with Gasteiger partial charge < -0.3 is 0 Å². The van der Waals surface area contributed by atoms with Gasteiger partial charge in [0.15, 0.2) is 5.75 Å². The molecule has 0 aromatic heterocycles. The number of hydrogen-bond donors (Lipinski definition) is 0. The molecule has 1 fully saturated rings. The lowest BCUT2D eigenvalue weighted by Gasteiger charge is -1.76. The van der Waals surface area contributed by atoms with Gasteiger partial charge in [-0.15, -0.1) is 0 Å². The van der Waals surface area contributed by atoms with Crippen LogP contribution in [-0.4, -0.2) is 16.1 Å². The van der Waals surface area contributed by atoms with E-state index in [1.165, 1.54) is 11.5 Å². The van der Waals surface area contributed by atoms with Crippen LogP contribution in [0.15, 0.2) is 0 Å². The molecule has 0 spiro atoms. The normalized spacial score (nSPS) is 34.5. The molecule has 0 bridgehead atoms. The van der Waals surface area contributed by atoms with Crippen molar-refractivity contribution in [1.29, 1.82) is 0 Å². The topological polar surface area (TPSA) is 0 Å². The Kier molecular flexibility index (Phi) is 1.72. The minimum absolute atomic E-state index is 0.880. The summed E-state index contributed by atoms with van der Waals surface area (Å²) in [6.45, 7) is 2.27. The zero-order valence-electron chi connectivity index (χ0n) is 3.81. The quantitative estimate of drug-likeness (QED) is 0.440. The highest BCUT2D eigenvalue weighted by molar-refractivity contribution is 8.12. The molecule has 1 saturated heterocycles. The van der Waals surface area contributed by atoms with Crippen LogP contribution in [0.25, 0.3) is 0 Å². The van der Waals surface area contributed by atoms with Crippen LogP contribution in [0.1, 0.15) is 6.92 Å². The van der Waals surface area contributed by atoms with Gasteiger partial charge in [0, 0.05) is 5.75 Å². The predicted molar refractivity (Wildman–Crippen MR) is 34.2 cm³/mol. The first kappa shape index (κ1) is 4.85. The van der Waals surface area contributed by atoms with Crippen molar-refractivity contribution in [3.63, 3.8) is 0 Å². The summed E-state index contributed by atoms with van der Waals surface area (Å²) in [6, 6.07) is 0. The maximum Gasteiger partial charge on any atom is 0.212 e. The summed E-state index contributed by atoms with van der Waals surface area (Å²) in [6.07, 6.45) is 0. The van der Waals surface area contributed by atoms with Crippen molar-refractivity contribution in [1.82, 2.24) is 0 Å². The lowest BCUT2D eigenvalue weighted by atomic mass is 11.0. The van der Waals surface area contributed by atoms with Crippen molar-refractivity contribution >= 4 is 23.5 Å². The molecule has 1 aliphatic rings. The molecule has 6 heavy (non-hydrogen) atoms. The zero-order chi connectivity index (χ0) is 4.41. The van der Waals surface area contributed by atoms with Gasteiger partial charge in [-0.25, -0.2) is 0 Å². The van der Waals surface area contributed by atoms with E-state index in [4.69, 9.17) is 0 Å². The van der Waals surface area contributed by atoms with Gasteiger partial charge in [-0.2, -0.15) is 0 Å². The third kappa shape index (κ3) is 1.09. The minimum Gasteiger partial charge on any atom is -0.0958 e. The molecule has 35 valence electrons. The summed E-state index contributed by atoms with van der Waals surface area (Å²) in [4.78, 5) is 0. The Morgan fingerprint density at radius 1 is 1.83 bits per heavy atom. The van der Waals surface area contributed by atoms with Gasteiger partial charge in [-0.3, -0.25) is 0 Å². The van der Waals surface area contributed by atoms with E-state index in [2.05, 4.69) is 30.4 Å². The molecule has 0 aliphatic carbocycles. The molecule has 0 aromatic rings. The Balaban J connectivity index is 2.18. The SMILES string of the molecule is CC1SCC[S+]1. The van der Waals surface area contributed by atoms with Crippen molar-refractivity contribution in [2.24, 2.45) is 0 Å². The van der Waals surface area contributed by atoms with Crippen LogP contribution in [-0.2, 0) is 11.8 Å². The summed E-state index contributed by atoms with van der Waals surface area (Å²) in [5, 5.41) is 0. The maximum atomic E-state index is 2.27. The van der Waals surface area contributed by atoms with E-state index >= 15 is 0 Å². The van der Waals surface area contributed by atoms with Crippen molar-refractivity contribution in [3.8, 4) is 0 Å². The minimum atomic E-state index is 0.880. The zero-order valence-corrected chi connectivity index (χ0v) is 5.44. The molecule has 0 nitrogen and oxygen atoms in total. The van der Waals surface area contributed by atoms with Crippen LogP contribution < -0.4 is 0 Å². The molecule has 0 aromatic carbocycles. The highest BCUT2D eigenvalue weighted by Crippen LogP contribution is 2.18. The number of rotatable bonds is 0. The molecule has 0 unspecified atom stereocenters. The summed E-state index contributed by atoms with van der Waals surface area (Å²) >= 11 is 4.12. The second-order valence-electron chi connectivity index (χ2n) is 1.31. The molecule has 0 N–H and O–H groups in total. The molecule has 1 radical (unpaired) electrons. The van der Waals surface area contributed by atoms with Crippen molar-refractivity contribution in [3.05, 3.63) is 0 Å². The van der Waals surface area contributed by atoms with Gasteiger partial charge in [0.05, 0.1) is 0 Å². The monoisotopic (exact) mass is 120 g/mol. The Morgan fingerprint density at radius 3 is 2.83 bits per heavy atom. The van der Waals surface area contributed by atoms with Crippen LogP contribution in [0.3, 0.4) is 0 Å². The van der Waals surface area contributed by atoms with E-state index in [1.807, 2.05) is 0 Å². The average Bonchev–Trinajstić information content (AvgIpc) is 1.86. The van der Waals surface area contributed by atoms with E-state index in [-0.39, 0.29) is 0 Å². The molecule has 2 heteroatoms. The standard InChI is InChI=1S/C4H8S2/c1-4-5-2-3-6-4/h4H,2-3H2,1H3/q+1. The van der Waals surface area contributed by atoms with Crippen molar-refractivity contribution in [2.45, 2.75) is 11.5 Å². The molecular formula is C4H8S2+. The Bertz CT molecular complexity index is 38.8. The fraction of sp³-hybridized carbons (Fsp3) is 1.00. The van der Waals surface area contributed by atoms with E-state index in [0.29, 0.717) is 0 Å². The lowest BCUT2D eigenvalue weighted by Crippen LogP contribution is -1.88. The summed E-state index contributed by atoms with van der Waals surface area (Å²) < 4.78 is 0.880. The van der Waals surface area contributed by atoms with E-state index in [9.17, 15) is 0 Å². The summed E-state index contributed by atoms with van der Waals surface area (Å²) in [7, 11) is 0. The van der Waals surface area contributed by atoms with Crippen LogP contribution in [0.4, 0.5) is 0 Å². The molecule has 1 heterocycles. The Hall–Kier alpha value is 0.700. The first-order valence-electron chi connectivity index (χ1n) is 2.13. The molecule has 0 atom stereocenters. The van der Waals surface area contributed by atoms with Crippen LogP contribution in [0.5, 0.6) is 0 Å². The number of hydrogen-bond acceptors (Lipinski definition) is 2. The largest absolute Gasteiger partial charge is 0.212 e. The smallest absolute Gasteiger partial charge is 0.0958 e. The highest BCUT2D eigenvalue weighted by Gasteiger charge is 2.23. The van der Waals surface area contributed by atoms with Gasteiger partial charge in [-0.1, -0.05) is 11.8 Å². The third-order valence-corrected chi connectivity index (χ3v) is 3.68. The van der Waals surface area contributed by atoms with Crippen LogP contribution >= 0.6 is 11.8 Å². The molecule has 0 saturated carbocycles. The van der Waals surface area contributed by atoms with Gasteiger partial charge in [-0.05, 0) is 6.92 Å². The van der Waals surface area contributed by atoms with Crippen LogP contribution in [0, 0.1) is 0 Å². The number of thioether (sulfide) groups is 2. The first-order valence-corrected chi connectivity index (χ1v) is 4.22. The van der Waals surface area contributed by atoms with Crippen LogP contribution in [0.2, 0.25) is 0 Å². The van der Waals surface area contributed by atoms with Gasteiger partial charge in [0.2, 0.25) is 16.3 Å². The van der Waals surface area contributed by atoms with E-state index < -0.39 is 0 Å². The predicted octanol–water partition coefficient (Wildman–Crippen LogP) is 1.16.